The summed E-state index contributed by atoms with van der Waals surface area (Å²) in [6.45, 7) is 1.09. The van der Waals surface area contributed by atoms with Gasteiger partial charge in [0.05, 0.1) is 0 Å². The fourth-order valence-electron chi connectivity index (χ4n) is 3.37. The molecule has 0 unspecified atom stereocenters. The largest absolute Gasteiger partial charge is 0.454 e. The number of nitrogen functional groups attached to an aromatic ring is 1. The summed E-state index contributed by atoms with van der Waals surface area (Å²) in [5, 5.41) is 3.25. The van der Waals surface area contributed by atoms with Crippen molar-refractivity contribution in [1.82, 2.24) is 9.97 Å². The zero-order chi connectivity index (χ0) is 17.5. The molecule has 1 aromatic heterocycles. The number of nitrogens with one attached hydrogen (secondary N) is 1. The summed E-state index contributed by atoms with van der Waals surface area (Å²) in [6.07, 6.45) is 2.51. The molecule has 0 fully saturated rings. The van der Waals surface area contributed by atoms with Crippen LogP contribution >= 0.6 is 0 Å². The molecule has 7 heteroatoms. The number of hydrogen-bond donors (Lipinski definition) is 2. The summed E-state index contributed by atoms with van der Waals surface area (Å²) in [5.74, 6) is 2.73. The van der Waals surface area contributed by atoms with E-state index in [4.69, 9.17) is 15.2 Å². The van der Waals surface area contributed by atoms with Crippen molar-refractivity contribution in [2.24, 2.45) is 0 Å². The van der Waals surface area contributed by atoms with E-state index in [0.29, 0.717) is 23.1 Å². The lowest BCUT2D eigenvalue weighted by molar-refractivity contribution is 0.174. The predicted octanol–water partition coefficient (Wildman–Crippen LogP) is 3.23. The second-order valence-electron chi connectivity index (χ2n) is 6.18. The highest BCUT2D eigenvalue weighted by molar-refractivity contribution is 5.83. The fourth-order valence-corrected chi connectivity index (χ4v) is 3.37. The van der Waals surface area contributed by atoms with Gasteiger partial charge in [0.15, 0.2) is 23.1 Å². The number of benzene rings is 2. The van der Waals surface area contributed by atoms with Gasteiger partial charge in [0.25, 0.3) is 0 Å². The highest BCUT2D eigenvalue weighted by atomic mass is 16.7. The molecule has 0 saturated carbocycles. The predicted molar refractivity (Wildman–Crippen MR) is 99.4 cm³/mol. The quantitative estimate of drug-likeness (QED) is 0.752. The van der Waals surface area contributed by atoms with Gasteiger partial charge in [-0.05, 0) is 30.2 Å². The molecule has 26 heavy (non-hydrogen) atoms. The van der Waals surface area contributed by atoms with Gasteiger partial charge >= 0.3 is 0 Å². The van der Waals surface area contributed by atoms with Crippen LogP contribution in [0.25, 0.3) is 0 Å². The summed E-state index contributed by atoms with van der Waals surface area (Å²) in [5.41, 5.74) is 10.2. The third-order valence-corrected chi connectivity index (χ3v) is 4.64. The Morgan fingerprint density at radius 2 is 1.92 bits per heavy atom. The number of aromatic nitrogens is 2. The Kier molecular flexibility index (Phi) is 3.31. The number of ether oxygens (including phenoxy) is 2. The van der Waals surface area contributed by atoms with Gasteiger partial charge in [0.1, 0.15) is 12.0 Å². The van der Waals surface area contributed by atoms with Gasteiger partial charge in [-0.1, -0.05) is 18.2 Å². The van der Waals surface area contributed by atoms with Gasteiger partial charge in [-0.2, -0.15) is 0 Å². The maximum Gasteiger partial charge on any atom is 0.231 e. The van der Waals surface area contributed by atoms with E-state index >= 15 is 0 Å². The molecule has 0 atom stereocenters. The van der Waals surface area contributed by atoms with Crippen LogP contribution in [-0.2, 0) is 6.42 Å². The molecule has 0 bridgehead atoms. The van der Waals surface area contributed by atoms with Crippen LogP contribution in [0.3, 0.4) is 0 Å². The topological polar surface area (TPSA) is 85.5 Å². The average molecular weight is 347 g/mol. The number of nitrogens with two attached hydrogens (primary N) is 1. The Hall–Kier alpha value is -3.48. The van der Waals surface area contributed by atoms with Gasteiger partial charge in [-0.25, -0.2) is 9.97 Å². The Balaban J connectivity index is 1.48. The first kappa shape index (κ1) is 14.8. The Morgan fingerprint density at radius 3 is 2.88 bits per heavy atom. The molecule has 3 heterocycles. The van der Waals surface area contributed by atoms with Crippen LogP contribution < -0.4 is 25.4 Å². The number of anilines is 5. The molecule has 3 N–H and O–H groups in total. The Labute approximate surface area is 150 Å². The van der Waals surface area contributed by atoms with Gasteiger partial charge in [0.2, 0.25) is 6.79 Å². The summed E-state index contributed by atoms with van der Waals surface area (Å²) >= 11 is 0. The van der Waals surface area contributed by atoms with E-state index in [1.807, 2.05) is 24.3 Å². The standard InChI is InChI=1S/C19H17N5O2/c20-17-18(23-13-5-6-15-16(9-13)26-11-25-15)21-10-22-19(17)24-8-7-12-3-1-2-4-14(12)24/h1-6,9-10H,7-8,11,20H2,(H,21,22,23). The Bertz CT molecular complexity index is 991. The number of fused-ring (bicyclic) bond motifs is 2. The molecule has 0 aliphatic carbocycles. The summed E-state index contributed by atoms with van der Waals surface area (Å²) in [6, 6.07) is 13.9. The van der Waals surface area contributed by atoms with Gasteiger partial charge in [0, 0.05) is 24.0 Å². The van der Waals surface area contributed by atoms with E-state index in [0.717, 1.165) is 30.1 Å². The molecule has 0 amide bonds. The molecule has 0 spiro atoms. The van der Waals surface area contributed by atoms with Crippen LogP contribution in [0.15, 0.2) is 48.8 Å². The highest BCUT2D eigenvalue weighted by Crippen LogP contribution is 2.39. The zero-order valence-electron chi connectivity index (χ0n) is 14.0. The van der Waals surface area contributed by atoms with Gasteiger partial charge < -0.3 is 25.4 Å². The molecule has 3 aromatic rings. The number of hydrogen-bond acceptors (Lipinski definition) is 7. The van der Waals surface area contributed by atoms with Crippen LogP contribution in [0.4, 0.5) is 28.7 Å². The summed E-state index contributed by atoms with van der Waals surface area (Å²) < 4.78 is 10.8. The lowest BCUT2D eigenvalue weighted by Crippen LogP contribution is -2.17. The average Bonchev–Trinajstić information content (AvgIpc) is 3.30. The van der Waals surface area contributed by atoms with Crippen LogP contribution in [0.1, 0.15) is 5.56 Å². The smallest absolute Gasteiger partial charge is 0.231 e. The number of para-hydroxylation sites is 1. The van der Waals surface area contributed by atoms with Gasteiger partial charge in [-0.3, -0.25) is 0 Å². The van der Waals surface area contributed by atoms with E-state index in [1.165, 1.54) is 11.9 Å². The molecule has 0 saturated heterocycles. The van der Waals surface area contributed by atoms with Crippen molar-refractivity contribution >= 4 is 28.7 Å². The van der Waals surface area contributed by atoms with Crippen molar-refractivity contribution < 1.29 is 9.47 Å². The molecular formula is C19H17N5O2. The molecular weight excluding hydrogens is 330 g/mol. The normalized spacial score (nSPS) is 14.4. The van der Waals surface area contributed by atoms with Crippen molar-refractivity contribution in [3.05, 3.63) is 54.4 Å². The SMILES string of the molecule is Nc1c(Nc2ccc3c(c2)OCO3)ncnc1N1CCc2ccccc21. The number of nitrogens with zero attached hydrogens (tertiary/aromatic N) is 3. The molecule has 5 rings (SSSR count). The third-order valence-electron chi connectivity index (χ3n) is 4.64. The third kappa shape index (κ3) is 2.36. The fraction of sp³-hybridized carbons (Fsp3) is 0.158. The van der Waals surface area contributed by atoms with E-state index in [9.17, 15) is 0 Å². The second kappa shape index (κ2) is 5.80. The first-order chi connectivity index (χ1) is 12.8. The van der Waals surface area contributed by atoms with E-state index < -0.39 is 0 Å². The Morgan fingerprint density at radius 1 is 1.04 bits per heavy atom. The minimum atomic E-state index is 0.243. The van der Waals surface area contributed by atoms with Crippen molar-refractivity contribution in [3.8, 4) is 11.5 Å². The first-order valence-electron chi connectivity index (χ1n) is 8.42. The van der Waals surface area contributed by atoms with Crippen molar-refractivity contribution in [3.63, 3.8) is 0 Å². The first-order valence-corrected chi connectivity index (χ1v) is 8.42. The zero-order valence-corrected chi connectivity index (χ0v) is 14.0. The molecule has 130 valence electrons. The van der Waals surface area contributed by atoms with Crippen LogP contribution in [0.5, 0.6) is 11.5 Å². The van der Waals surface area contributed by atoms with E-state index in [1.54, 1.807) is 0 Å². The molecule has 0 radical (unpaired) electrons. The summed E-state index contributed by atoms with van der Waals surface area (Å²) in [7, 11) is 0. The van der Waals surface area contributed by atoms with Crippen LogP contribution in [-0.4, -0.2) is 23.3 Å². The van der Waals surface area contributed by atoms with E-state index in [2.05, 4.69) is 38.4 Å². The van der Waals surface area contributed by atoms with Crippen molar-refractivity contribution in [1.29, 1.82) is 0 Å². The maximum atomic E-state index is 6.40. The minimum absolute atomic E-state index is 0.243. The van der Waals surface area contributed by atoms with Crippen molar-refractivity contribution in [2.45, 2.75) is 6.42 Å². The highest BCUT2D eigenvalue weighted by Gasteiger charge is 2.24. The molecule has 2 aliphatic rings. The lowest BCUT2D eigenvalue weighted by atomic mass is 10.2. The molecule has 2 aromatic carbocycles. The summed E-state index contributed by atoms with van der Waals surface area (Å²) in [4.78, 5) is 10.9. The van der Waals surface area contributed by atoms with E-state index in [-0.39, 0.29) is 6.79 Å². The van der Waals surface area contributed by atoms with Gasteiger partial charge in [-0.15, -0.1) is 0 Å². The number of rotatable bonds is 3. The van der Waals surface area contributed by atoms with Crippen LogP contribution in [0, 0.1) is 0 Å². The maximum absolute atomic E-state index is 6.40. The van der Waals surface area contributed by atoms with Crippen LogP contribution in [0.2, 0.25) is 0 Å². The molecule has 7 nitrogen and oxygen atoms in total. The second-order valence-corrected chi connectivity index (χ2v) is 6.18. The molecule has 2 aliphatic heterocycles. The van der Waals surface area contributed by atoms with Crippen molar-refractivity contribution in [2.75, 3.05) is 29.3 Å². The minimum Gasteiger partial charge on any atom is -0.454 e. The monoisotopic (exact) mass is 347 g/mol. The lowest BCUT2D eigenvalue weighted by Gasteiger charge is -2.21.